The predicted molar refractivity (Wildman–Crippen MR) is 129 cm³/mol. The van der Waals surface area contributed by atoms with Crippen LogP contribution < -0.4 is 4.74 Å². The molecule has 3 heterocycles. The third-order valence-electron chi connectivity index (χ3n) is 6.28. The maximum Gasteiger partial charge on any atom is 0.162 e. The highest BCUT2D eigenvalue weighted by Crippen LogP contribution is 2.28. The van der Waals surface area contributed by atoms with Crippen LogP contribution in [0.15, 0.2) is 67.1 Å². The largest absolute Gasteiger partial charge is 0.492 e. The monoisotopic (exact) mass is 426 g/mol. The Morgan fingerprint density at radius 2 is 1.75 bits per heavy atom. The number of hydrogen-bond donors (Lipinski definition) is 0. The van der Waals surface area contributed by atoms with E-state index < -0.39 is 0 Å². The smallest absolute Gasteiger partial charge is 0.162 e. The second-order valence-corrected chi connectivity index (χ2v) is 8.87. The molecule has 0 atom stereocenters. The fraction of sp³-hybridized carbons (Fsp3) is 0.333. The van der Waals surface area contributed by atoms with Crippen LogP contribution in [0.3, 0.4) is 0 Å². The zero-order valence-corrected chi connectivity index (χ0v) is 18.9. The molecule has 0 radical (unpaired) electrons. The SMILES string of the molecule is CC(C)c1cccc(-c2cnn3cc(-c4ccc(OCCN5CCCC5)cc4)cnc23)c1. The van der Waals surface area contributed by atoms with E-state index in [-0.39, 0.29) is 0 Å². The molecule has 0 N–H and O–H groups in total. The Kier molecular flexibility index (Phi) is 5.91. The van der Waals surface area contributed by atoms with Gasteiger partial charge in [0.05, 0.1) is 6.20 Å². The molecule has 0 saturated carbocycles. The molecule has 2 aromatic heterocycles. The molecule has 0 bridgehead atoms. The molecule has 1 aliphatic heterocycles. The van der Waals surface area contributed by atoms with Crippen molar-refractivity contribution in [2.75, 3.05) is 26.2 Å². The number of benzene rings is 2. The lowest BCUT2D eigenvalue weighted by Gasteiger charge is -2.15. The Morgan fingerprint density at radius 1 is 0.938 bits per heavy atom. The molecule has 0 spiro atoms. The Bertz CT molecular complexity index is 1190. The van der Waals surface area contributed by atoms with E-state index in [9.17, 15) is 0 Å². The third-order valence-corrected chi connectivity index (χ3v) is 6.28. The second kappa shape index (κ2) is 9.13. The molecule has 5 rings (SSSR count). The summed E-state index contributed by atoms with van der Waals surface area (Å²) < 4.78 is 7.80. The van der Waals surface area contributed by atoms with Gasteiger partial charge in [-0.1, -0.05) is 50.2 Å². The summed E-state index contributed by atoms with van der Waals surface area (Å²) in [5, 5.41) is 4.58. The average molecular weight is 427 g/mol. The topological polar surface area (TPSA) is 42.7 Å². The van der Waals surface area contributed by atoms with E-state index in [0.717, 1.165) is 46.8 Å². The number of ether oxygens (including phenoxy) is 1. The molecule has 1 saturated heterocycles. The lowest BCUT2D eigenvalue weighted by molar-refractivity contribution is 0.238. The highest BCUT2D eigenvalue weighted by Gasteiger charge is 2.12. The van der Waals surface area contributed by atoms with Crippen molar-refractivity contribution in [3.05, 3.63) is 72.7 Å². The van der Waals surface area contributed by atoms with E-state index in [1.54, 1.807) is 0 Å². The van der Waals surface area contributed by atoms with E-state index in [1.165, 1.54) is 31.5 Å². The van der Waals surface area contributed by atoms with E-state index in [2.05, 4.69) is 60.2 Å². The second-order valence-electron chi connectivity index (χ2n) is 8.87. The summed E-state index contributed by atoms with van der Waals surface area (Å²) in [5.41, 5.74) is 6.54. The Labute approximate surface area is 189 Å². The molecule has 5 nitrogen and oxygen atoms in total. The van der Waals surface area contributed by atoms with Crippen LogP contribution in [0.25, 0.3) is 27.9 Å². The zero-order chi connectivity index (χ0) is 21.9. The summed E-state index contributed by atoms with van der Waals surface area (Å²) in [4.78, 5) is 7.21. The summed E-state index contributed by atoms with van der Waals surface area (Å²) in [6.45, 7) is 8.57. The first-order valence-corrected chi connectivity index (χ1v) is 11.6. The van der Waals surface area contributed by atoms with Gasteiger partial charge < -0.3 is 4.74 Å². The summed E-state index contributed by atoms with van der Waals surface area (Å²) in [6, 6.07) is 16.9. The van der Waals surface area contributed by atoms with Gasteiger partial charge in [0.25, 0.3) is 0 Å². The lowest BCUT2D eigenvalue weighted by Crippen LogP contribution is -2.25. The molecule has 5 heteroatoms. The number of rotatable bonds is 7. The molecular formula is C27H30N4O. The van der Waals surface area contributed by atoms with Crippen LogP contribution >= 0.6 is 0 Å². The van der Waals surface area contributed by atoms with Crippen molar-refractivity contribution >= 4 is 5.65 Å². The Hall–Kier alpha value is -3.18. The van der Waals surface area contributed by atoms with Gasteiger partial charge >= 0.3 is 0 Å². The lowest BCUT2D eigenvalue weighted by atomic mass is 9.99. The number of aromatic nitrogens is 3. The van der Waals surface area contributed by atoms with Crippen LogP contribution in [0, 0.1) is 0 Å². The minimum Gasteiger partial charge on any atom is -0.492 e. The molecule has 2 aromatic carbocycles. The van der Waals surface area contributed by atoms with Crippen molar-refractivity contribution in [2.45, 2.75) is 32.6 Å². The van der Waals surface area contributed by atoms with Crippen LogP contribution in [0.1, 0.15) is 38.2 Å². The molecule has 0 aliphatic carbocycles. The first-order chi connectivity index (χ1) is 15.7. The van der Waals surface area contributed by atoms with Crippen LogP contribution in [-0.4, -0.2) is 45.7 Å². The summed E-state index contributed by atoms with van der Waals surface area (Å²) >= 11 is 0. The molecule has 0 unspecified atom stereocenters. The molecule has 164 valence electrons. The van der Waals surface area contributed by atoms with Crippen LogP contribution in [0.5, 0.6) is 5.75 Å². The van der Waals surface area contributed by atoms with Crippen molar-refractivity contribution in [2.24, 2.45) is 0 Å². The Morgan fingerprint density at radius 3 is 2.53 bits per heavy atom. The molecule has 1 aliphatic rings. The van der Waals surface area contributed by atoms with Crippen molar-refractivity contribution in [3.63, 3.8) is 0 Å². The van der Waals surface area contributed by atoms with Crippen LogP contribution in [-0.2, 0) is 0 Å². The summed E-state index contributed by atoms with van der Waals surface area (Å²) in [7, 11) is 0. The van der Waals surface area contributed by atoms with Gasteiger partial charge in [0, 0.05) is 30.1 Å². The third kappa shape index (κ3) is 4.39. The number of nitrogens with zero attached hydrogens (tertiary/aromatic N) is 4. The van der Waals surface area contributed by atoms with Gasteiger partial charge in [0.15, 0.2) is 5.65 Å². The molecule has 0 amide bonds. The van der Waals surface area contributed by atoms with Gasteiger partial charge in [0.1, 0.15) is 12.4 Å². The summed E-state index contributed by atoms with van der Waals surface area (Å²) in [5.74, 6) is 1.40. The number of hydrogen-bond acceptors (Lipinski definition) is 4. The molecule has 1 fully saturated rings. The fourth-order valence-electron chi connectivity index (χ4n) is 4.34. The normalized spacial score (nSPS) is 14.5. The zero-order valence-electron chi connectivity index (χ0n) is 18.9. The van der Waals surface area contributed by atoms with Gasteiger partial charge in [-0.2, -0.15) is 5.10 Å². The summed E-state index contributed by atoms with van der Waals surface area (Å²) in [6.07, 6.45) is 8.50. The predicted octanol–water partition coefficient (Wildman–Crippen LogP) is 5.66. The van der Waals surface area contributed by atoms with E-state index in [1.807, 2.05) is 35.2 Å². The van der Waals surface area contributed by atoms with Crippen molar-refractivity contribution < 1.29 is 4.74 Å². The van der Waals surface area contributed by atoms with E-state index in [0.29, 0.717) is 5.92 Å². The minimum absolute atomic E-state index is 0.489. The minimum atomic E-state index is 0.489. The average Bonchev–Trinajstić information content (AvgIpc) is 3.49. The van der Waals surface area contributed by atoms with E-state index in [4.69, 9.17) is 9.72 Å². The quantitative estimate of drug-likeness (QED) is 0.382. The van der Waals surface area contributed by atoms with Crippen molar-refractivity contribution in [1.29, 1.82) is 0 Å². The van der Waals surface area contributed by atoms with E-state index >= 15 is 0 Å². The first-order valence-electron chi connectivity index (χ1n) is 11.6. The van der Waals surface area contributed by atoms with Gasteiger partial charge in [-0.25, -0.2) is 9.50 Å². The molecular weight excluding hydrogens is 396 g/mol. The van der Waals surface area contributed by atoms with Crippen molar-refractivity contribution in [1.82, 2.24) is 19.5 Å². The van der Waals surface area contributed by atoms with Gasteiger partial charge in [-0.15, -0.1) is 0 Å². The highest BCUT2D eigenvalue weighted by atomic mass is 16.5. The van der Waals surface area contributed by atoms with Crippen LogP contribution in [0.2, 0.25) is 0 Å². The van der Waals surface area contributed by atoms with Crippen LogP contribution in [0.4, 0.5) is 0 Å². The maximum atomic E-state index is 5.93. The van der Waals surface area contributed by atoms with Crippen molar-refractivity contribution in [3.8, 4) is 28.0 Å². The highest BCUT2D eigenvalue weighted by molar-refractivity contribution is 5.78. The molecule has 4 aromatic rings. The fourth-order valence-corrected chi connectivity index (χ4v) is 4.34. The number of fused-ring (bicyclic) bond motifs is 1. The number of likely N-dealkylation sites (tertiary alicyclic amines) is 1. The first kappa shape index (κ1) is 20.7. The maximum absolute atomic E-state index is 5.93. The van der Waals surface area contributed by atoms with Gasteiger partial charge in [0.2, 0.25) is 0 Å². The Balaban J connectivity index is 1.31. The van der Waals surface area contributed by atoms with Gasteiger partial charge in [-0.05, 0) is 60.7 Å². The van der Waals surface area contributed by atoms with Gasteiger partial charge in [-0.3, -0.25) is 4.90 Å². The standard InChI is InChI=1S/C27H30N4O/c1-20(2)22-6-5-7-23(16-22)26-18-29-31-19-24(17-28-27(26)31)21-8-10-25(11-9-21)32-15-14-30-12-3-4-13-30/h5-11,16-20H,3-4,12-15H2,1-2H3. The molecule has 32 heavy (non-hydrogen) atoms.